The third kappa shape index (κ3) is 1.70. The fraction of sp³-hybridized carbons (Fsp3) is 0.583. The zero-order valence-electron chi connectivity index (χ0n) is 10.0. The zero-order valence-corrected chi connectivity index (χ0v) is 10.0. The molecule has 1 aliphatic carbocycles. The lowest BCUT2D eigenvalue weighted by molar-refractivity contribution is 0.469. The van der Waals surface area contributed by atoms with Gasteiger partial charge in [-0.25, -0.2) is 0 Å². The number of aromatic nitrogens is 4. The summed E-state index contributed by atoms with van der Waals surface area (Å²) in [4.78, 5) is 0. The molecular formula is C12H17N5. The lowest BCUT2D eigenvalue weighted by Gasteiger charge is -2.15. The van der Waals surface area contributed by atoms with Crippen LogP contribution in [0.15, 0.2) is 12.1 Å². The first-order valence-electron chi connectivity index (χ1n) is 6.18. The van der Waals surface area contributed by atoms with E-state index in [1.807, 2.05) is 23.6 Å². The molecule has 1 aliphatic rings. The Morgan fingerprint density at radius 3 is 3.06 bits per heavy atom. The summed E-state index contributed by atoms with van der Waals surface area (Å²) in [6.45, 7) is 2.71. The summed E-state index contributed by atoms with van der Waals surface area (Å²) >= 11 is 0. The molecule has 2 atom stereocenters. The van der Waals surface area contributed by atoms with Crippen molar-refractivity contribution in [2.45, 2.75) is 32.1 Å². The molecule has 5 nitrogen and oxygen atoms in total. The Labute approximate surface area is 100 Å². The van der Waals surface area contributed by atoms with Gasteiger partial charge in [0.25, 0.3) is 0 Å². The number of nitrogens with zero attached hydrogens (tertiary/aromatic N) is 4. The van der Waals surface area contributed by atoms with E-state index in [1.54, 1.807) is 0 Å². The second kappa shape index (κ2) is 4.07. The van der Waals surface area contributed by atoms with Crippen molar-refractivity contribution in [2.75, 3.05) is 6.54 Å². The number of fused-ring (bicyclic) bond motifs is 1. The van der Waals surface area contributed by atoms with Crippen LogP contribution in [0.1, 0.15) is 36.7 Å². The molecule has 2 aromatic heterocycles. The van der Waals surface area contributed by atoms with E-state index in [0.29, 0.717) is 11.8 Å². The van der Waals surface area contributed by atoms with E-state index in [4.69, 9.17) is 5.73 Å². The average Bonchev–Trinajstić information content (AvgIpc) is 2.93. The van der Waals surface area contributed by atoms with Crippen LogP contribution in [0, 0.1) is 12.8 Å². The standard InChI is InChI=1S/C12H17N5/c1-8-5-6-11-14-15-12(17(11)16-8)10-4-2-3-9(10)7-13/h5-6,9-10H,2-4,7,13H2,1H3. The smallest absolute Gasteiger partial charge is 0.177 e. The SMILES string of the molecule is Cc1ccc2nnc(C3CCCC3CN)n2n1. The predicted octanol–water partition coefficient (Wildman–Crippen LogP) is 1.28. The minimum atomic E-state index is 0.421. The number of nitrogens with two attached hydrogens (primary N) is 1. The van der Waals surface area contributed by atoms with Gasteiger partial charge in [-0.05, 0) is 44.4 Å². The summed E-state index contributed by atoms with van der Waals surface area (Å²) in [7, 11) is 0. The number of hydrogen-bond donors (Lipinski definition) is 1. The van der Waals surface area contributed by atoms with Crippen molar-refractivity contribution in [3.63, 3.8) is 0 Å². The van der Waals surface area contributed by atoms with Crippen LogP contribution in [0.2, 0.25) is 0 Å². The van der Waals surface area contributed by atoms with Gasteiger partial charge in [-0.15, -0.1) is 10.2 Å². The van der Waals surface area contributed by atoms with E-state index in [9.17, 15) is 0 Å². The quantitative estimate of drug-likeness (QED) is 0.845. The summed E-state index contributed by atoms with van der Waals surface area (Å²) in [5.74, 6) is 1.94. The van der Waals surface area contributed by atoms with Crippen LogP contribution < -0.4 is 5.73 Å². The fourth-order valence-corrected chi connectivity index (χ4v) is 2.79. The molecule has 1 saturated carbocycles. The topological polar surface area (TPSA) is 69.1 Å². The van der Waals surface area contributed by atoms with Gasteiger partial charge in [-0.1, -0.05) is 6.42 Å². The zero-order chi connectivity index (χ0) is 11.8. The van der Waals surface area contributed by atoms with Crippen LogP contribution in [0.25, 0.3) is 5.65 Å². The number of hydrogen-bond acceptors (Lipinski definition) is 4. The van der Waals surface area contributed by atoms with Gasteiger partial charge in [-0.2, -0.15) is 9.61 Å². The first-order valence-corrected chi connectivity index (χ1v) is 6.18. The molecule has 17 heavy (non-hydrogen) atoms. The molecule has 90 valence electrons. The lowest BCUT2D eigenvalue weighted by Crippen LogP contribution is -2.19. The highest BCUT2D eigenvalue weighted by Gasteiger charge is 2.31. The molecule has 2 unspecified atom stereocenters. The second-order valence-electron chi connectivity index (χ2n) is 4.84. The molecule has 1 fully saturated rings. The van der Waals surface area contributed by atoms with Gasteiger partial charge in [-0.3, -0.25) is 0 Å². The van der Waals surface area contributed by atoms with E-state index in [2.05, 4.69) is 15.3 Å². The van der Waals surface area contributed by atoms with E-state index in [0.717, 1.165) is 30.1 Å². The third-order valence-corrected chi connectivity index (χ3v) is 3.71. The molecule has 5 heteroatoms. The Kier molecular flexibility index (Phi) is 2.55. The van der Waals surface area contributed by atoms with Crippen LogP contribution in [0.4, 0.5) is 0 Å². The molecule has 0 bridgehead atoms. The van der Waals surface area contributed by atoms with Crippen molar-refractivity contribution in [3.8, 4) is 0 Å². The fourth-order valence-electron chi connectivity index (χ4n) is 2.79. The Morgan fingerprint density at radius 1 is 1.35 bits per heavy atom. The van der Waals surface area contributed by atoms with Crippen molar-refractivity contribution in [1.29, 1.82) is 0 Å². The van der Waals surface area contributed by atoms with Crippen molar-refractivity contribution in [3.05, 3.63) is 23.7 Å². The van der Waals surface area contributed by atoms with Crippen LogP contribution in [-0.2, 0) is 0 Å². The molecule has 0 aliphatic heterocycles. The van der Waals surface area contributed by atoms with Crippen molar-refractivity contribution in [2.24, 2.45) is 11.7 Å². The summed E-state index contributed by atoms with van der Waals surface area (Å²) in [6, 6.07) is 3.92. The highest BCUT2D eigenvalue weighted by Crippen LogP contribution is 2.37. The summed E-state index contributed by atoms with van der Waals surface area (Å²) in [5, 5.41) is 13.0. The van der Waals surface area contributed by atoms with Crippen molar-refractivity contribution < 1.29 is 0 Å². The second-order valence-corrected chi connectivity index (χ2v) is 4.84. The molecule has 3 rings (SSSR count). The van der Waals surface area contributed by atoms with Crippen LogP contribution >= 0.6 is 0 Å². The van der Waals surface area contributed by atoms with Gasteiger partial charge >= 0.3 is 0 Å². The van der Waals surface area contributed by atoms with E-state index in [-0.39, 0.29) is 0 Å². The van der Waals surface area contributed by atoms with Crippen LogP contribution in [0.5, 0.6) is 0 Å². The van der Waals surface area contributed by atoms with Gasteiger partial charge in [0.2, 0.25) is 0 Å². The molecule has 0 saturated heterocycles. The van der Waals surface area contributed by atoms with E-state index in [1.165, 1.54) is 12.8 Å². The summed E-state index contributed by atoms with van der Waals surface area (Å²) in [5.41, 5.74) is 7.64. The summed E-state index contributed by atoms with van der Waals surface area (Å²) < 4.78 is 1.88. The molecule has 2 heterocycles. The Balaban J connectivity index is 2.07. The maximum Gasteiger partial charge on any atom is 0.177 e. The number of aryl methyl sites for hydroxylation is 1. The molecule has 0 aromatic carbocycles. The Bertz CT molecular complexity index is 533. The normalized spacial score (nSPS) is 24.6. The monoisotopic (exact) mass is 231 g/mol. The molecule has 2 N–H and O–H groups in total. The Morgan fingerprint density at radius 2 is 2.24 bits per heavy atom. The third-order valence-electron chi connectivity index (χ3n) is 3.71. The van der Waals surface area contributed by atoms with Crippen LogP contribution in [0.3, 0.4) is 0 Å². The largest absolute Gasteiger partial charge is 0.330 e. The molecular weight excluding hydrogens is 214 g/mol. The Hall–Kier alpha value is -1.49. The molecule has 2 aromatic rings. The van der Waals surface area contributed by atoms with Gasteiger partial charge in [0.1, 0.15) is 0 Å². The minimum absolute atomic E-state index is 0.421. The van der Waals surface area contributed by atoms with Gasteiger partial charge in [0.05, 0.1) is 5.69 Å². The predicted molar refractivity (Wildman–Crippen MR) is 64.7 cm³/mol. The highest BCUT2D eigenvalue weighted by molar-refractivity contribution is 5.36. The highest BCUT2D eigenvalue weighted by atomic mass is 15.4. The van der Waals surface area contributed by atoms with E-state index < -0.39 is 0 Å². The van der Waals surface area contributed by atoms with Gasteiger partial charge in [0.15, 0.2) is 11.5 Å². The maximum atomic E-state index is 5.83. The lowest BCUT2D eigenvalue weighted by atomic mass is 9.95. The molecule has 0 spiro atoms. The average molecular weight is 231 g/mol. The molecule has 0 amide bonds. The van der Waals surface area contributed by atoms with Gasteiger partial charge in [0, 0.05) is 5.92 Å². The minimum Gasteiger partial charge on any atom is -0.330 e. The van der Waals surface area contributed by atoms with Gasteiger partial charge < -0.3 is 5.73 Å². The first kappa shape index (κ1) is 10.7. The summed E-state index contributed by atoms with van der Waals surface area (Å²) in [6.07, 6.45) is 3.58. The first-order chi connectivity index (χ1) is 8.29. The van der Waals surface area contributed by atoms with E-state index >= 15 is 0 Å². The maximum absolute atomic E-state index is 5.83. The van der Waals surface area contributed by atoms with Crippen molar-refractivity contribution in [1.82, 2.24) is 19.8 Å². The number of rotatable bonds is 2. The van der Waals surface area contributed by atoms with Crippen molar-refractivity contribution >= 4 is 5.65 Å². The van der Waals surface area contributed by atoms with Crippen LogP contribution in [-0.4, -0.2) is 26.4 Å². The molecule has 0 radical (unpaired) electrons.